The number of carbonyl (C=O) groups excluding carboxylic acids is 2. The third-order valence-corrected chi connectivity index (χ3v) is 2.74. The van der Waals surface area contributed by atoms with Gasteiger partial charge in [-0.25, -0.2) is 14.5 Å². The van der Waals surface area contributed by atoms with Crippen molar-refractivity contribution in [3.8, 4) is 0 Å². The lowest BCUT2D eigenvalue weighted by Crippen LogP contribution is -2.64. The van der Waals surface area contributed by atoms with Gasteiger partial charge in [0.2, 0.25) is 0 Å². The molecule has 1 rings (SSSR count). The number of hydrogen-bond donors (Lipinski definition) is 2. The second kappa shape index (κ2) is 6.96. The summed E-state index contributed by atoms with van der Waals surface area (Å²) in [6.07, 6.45) is -0.137. The molecule has 0 aliphatic rings. The molecular weight excluding hydrogens is 270 g/mol. The fraction of sp³-hybridized carbons (Fsp3) is 0.333. The number of carbonyl (C=O) groups is 2. The highest BCUT2D eigenvalue weighted by Crippen LogP contribution is 2.10. The maximum absolute atomic E-state index is 11.3. The first kappa shape index (κ1) is 15.3. The van der Waals surface area contributed by atoms with Crippen molar-refractivity contribution in [3.05, 3.63) is 34.9 Å². The van der Waals surface area contributed by atoms with Gasteiger partial charge in [0, 0.05) is 18.5 Å². The van der Waals surface area contributed by atoms with Crippen molar-refractivity contribution in [1.82, 2.24) is 4.90 Å². The molecule has 0 unspecified atom stereocenters. The minimum absolute atomic E-state index is 0.110. The highest BCUT2D eigenvalue weighted by atomic mass is 35.5. The highest BCUT2D eigenvalue weighted by Gasteiger charge is 2.17. The van der Waals surface area contributed by atoms with E-state index in [2.05, 4.69) is 5.73 Å². The van der Waals surface area contributed by atoms with Crippen molar-refractivity contribution < 1.29 is 20.1 Å². The predicted molar refractivity (Wildman–Crippen MR) is 70.5 cm³/mol. The molecule has 19 heavy (non-hydrogen) atoms. The maximum atomic E-state index is 11.3. The standard InChI is InChI=1S/C12H16ClN3O3/c1-16(11(15)17)12(18)19-7-10(14)6-8-2-4-9(13)5-3-8/h2-5,10H,6-7,14H2,1H3,(H2,15,17)/p+1/t10-/m1/s1. The molecule has 6 nitrogen and oxygen atoms in total. The molecule has 7 heteroatoms. The third-order valence-electron chi connectivity index (χ3n) is 2.48. The molecule has 0 heterocycles. The van der Waals surface area contributed by atoms with Crippen LogP contribution in [0, 0.1) is 0 Å². The Kier molecular flexibility index (Phi) is 5.59. The van der Waals surface area contributed by atoms with E-state index >= 15 is 0 Å². The largest absolute Gasteiger partial charge is 0.443 e. The minimum Gasteiger partial charge on any atom is -0.443 e. The van der Waals surface area contributed by atoms with Gasteiger partial charge in [-0.2, -0.15) is 0 Å². The number of benzene rings is 1. The van der Waals surface area contributed by atoms with E-state index in [-0.39, 0.29) is 12.6 Å². The topological polar surface area (TPSA) is 100 Å². The molecule has 1 atom stereocenters. The average Bonchev–Trinajstić information content (AvgIpc) is 2.37. The van der Waals surface area contributed by atoms with Crippen LogP contribution in [0.4, 0.5) is 9.59 Å². The van der Waals surface area contributed by atoms with Crippen LogP contribution in [-0.2, 0) is 11.2 Å². The number of urea groups is 1. The highest BCUT2D eigenvalue weighted by molar-refractivity contribution is 6.30. The number of quaternary nitrogens is 1. The van der Waals surface area contributed by atoms with Crippen LogP contribution < -0.4 is 11.5 Å². The van der Waals surface area contributed by atoms with E-state index in [4.69, 9.17) is 22.1 Å². The number of halogens is 1. The molecule has 1 aromatic carbocycles. The Morgan fingerprint density at radius 3 is 2.53 bits per heavy atom. The molecule has 0 bridgehead atoms. The Balaban J connectivity index is 2.39. The SMILES string of the molecule is CN(C(N)=O)C(=O)OC[C@H]([NH3+])Cc1ccc(Cl)cc1. The van der Waals surface area contributed by atoms with Crippen LogP contribution in [0.15, 0.2) is 24.3 Å². The number of amides is 3. The van der Waals surface area contributed by atoms with Crippen LogP contribution in [0.1, 0.15) is 5.56 Å². The van der Waals surface area contributed by atoms with Gasteiger partial charge in [0.1, 0.15) is 12.6 Å². The Morgan fingerprint density at radius 1 is 1.42 bits per heavy atom. The van der Waals surface area contributed by atoms with E-state index in [0.29, 0.717) is 16.3 Å². The number of hydrogen-bond acceptors (Lipinski definition) is 3. The zero-order valence-electron chi connectivity index (χ0n) is 10.6. The van der Waals surface area contributed by atoms with Gasteiger partial charge in [-0.3, -0.25) is 0 Å². The van der Waals surface area contributed by atoms with Crippen molar-refractivity contribution in [2.24, 2.45) is 5.73 Å². The normalized spacial score (nSPS) is 11.7. The van der Waals surface area contributed by atoms with E-state index < -0.39 is 12.1 Å². The number of nitrogens with zero attached hydrogens (tertiary/aromatic N) is 1. The maximum Gasteiger partial charge on any atom is 0.417 e. The summed E-state index contributed by atoms with van der Waals surface area (Å²) in [4.78, 5) is 22.8. The quantitative estimate of drug-likeness (QED) is 0.849. The first-order valence-electron chi connectivity index (χ1n) is 5.67. The molecule has 0 saturated heterocycles. The molecule has 0 aliphatic heterocycles. The molecular formula is C12H17ClN3O3+. The fourth-order valence-electron chi connectivity index (χ4n) is 1.39. The lowest BCUT2D eigenvalue weighted by Gasteiger charge is -2.14. The summed E-state index contributed by atoms with van der Waals surface area (Å²) in [6, 6.07) is 6.37. The summed E-state index contributed by atoms with van der Waals surface area (Å²) < 4.78 is 4.92. The van der Waals surface area contributed by atoms with Crippen LogP contribution >= 0.6 is 11.6 Å². The monoisotopic (exact) mass is 286 g/mol. The van der Waals surface area contributed by atoms with Crippen molar-refractivity contribution in [1.29, 1.82) is 0 Å². The first-order chi connectivity index (χ1) is 8.90. The smallest absolute Gasteiger partial charge is 0.417 e. The van der Waals surface area contributed by atoms with Crippen molar-refractivity contribution in [2.75, 3.05) is 13.7 Å². The van der Waals surface area contributed by atoms with Crippen LogP contribution in [0.25, 0.3) is 0 Å². The van der Waals surface area contributed by atoms with Gasteiger partial charge >= 0.3 is 12.1 Å². The summed E-state index contributed by atoms with van der Waals surface area (Å²) in [5.74, 6) is 0. The summed E-state index contributed by atoms with van der Waals surface area (Å²) in [5.41, 5.74) is 9.87. The molecule has 104 valence electrons. The molecule has 0 spiro atoms. The Bertz CT molecular complexity index is 450. The molecule has 3 amide bonds. The van der Waals surface area contributed by atoms with Crippen LogP contribution in [0.3, 0.4) is 0 Å². The van der Waals surface area contributed by atoms with Crippen molar-refractivity contribution >= 4 is 23.7 Å². The summed E-state index contributed by atoms with van der Waals surface area (Å²) in [7, 11) is 1.25. The van der Waals surface area contributed by atoms with E-state index in [0.717, 1.165) is 5.56 Å². The minimum atomic E-state index is -0.858. The van der Waals surface area contributed by atoms with E-state index in [1.165, 1.54) is 7.05 Å². The molecule has 0 aromatic heterocycles. The van der Waals surface area contributed by atoms with E-state index in [1.54, 1.807) is 12.1 Å². The Labute approximate surface area is 116 Å². The van der Waals surface area contributed by atoms with Gasteiger partial charge in [0.25, 0.3) is 0 Å². The molecule has 5 N–H and O–H groups in total. The summed E-state index contributed by atoms with van der Waals surface area (Å²) >= 11 is 5.78. The second-order valence-electron chi connectivity index (χ2n) is 4.17. The Morgan fingerprint density at radius 2 is 2.00 bits per heavy atom. The lowest BCUT2D eigenvalue weighted by molar-refractivity contribution is -0.424. The van der Waals surface area contributed by atoms with Gasteiger partial charge in [0.05, 0.1) is 0 Å². The van der Waals surface area contributed by atoms with Crippen LogP contribution in [-0.4, -0.2) is 36.7 Å². The number of imide groups is 1. The van der Waals surface area contributed by atoms with Gasteiger partial charge in [-0.15, -0.1) is 0 Å². The van der Waals surface area contributed by atoms with Crippen molar-refractivity contribution in [2.45, 2.75) is 12.5 Å². The first-order valence-corrected chi connectivity index (χ1v) is 6.05. The zero-order valence-corrected chi connectivity index (χ0v) is 11.4. The lowest BCUT2D eigenvalue weighted by atomic mass is 10.1. The third kappa shape index (κ3) is 5.15. The van der Waals surface area contributed by atoms with E-state index in [1.807, 2.05) is 12.1 Å². The molecule has 0 aliphatic carbocycles. The van der Waals surface area contributed by atoms with Gasteiger partial charge in [0.15, 0.2) is 0 Å². The number of rotatable bonds is 4. The number of nitrogens with two attached hydrogens (primary N) is 1. The van der Waals surface area contributed by atoms with Gasteiger partial charge in [-0.05, 0) is 17.7 Å². The average molecular weight is 287 g/mol. The van der Waals surface area contributed by atoms with Crippen LogP contribution in [0.5, 0.6) is 0 Å². The second-order valence-corrected chi connectivity index (χ2v) is 4.61. The summed E-state index contributed by atoms with van der Waals surface area (Å²) in [5, 5.41) is 0.666. The molecule has 0 radical (unpaired) electrons. The zero-order chi connectivity index (χ0) is 14.4. The van der Waals surface area contributed by atoms with Crippen molar-refractivity contribution in [3.63, 3.8) is 0 Å². The Hall–Kier alpha value is -1.79. The molecule has 0 fully saturated rings. The predicted octanol–water partition coefficient (Wildman–Crippen LogP) is 0.640. The fourth-order valence-corrected chi connectivity index (χ4v) is 1.51. The molecule has 1 aromatic rings. The van der Waals surface area contributed by atoms with Gasteiger partial charge < -0.3 is 16.2 Å². The number of ether oxygens (including phenoxy) is 1. The van der Waals surface area contributed by atoms with E-state index in [9.17, 15) is 9.59 Å². The number of primary amides is 1. The van der Waals surface area contributed by atoms with Gasteiger partial charge in [-0.1, -0.05) is 23.7 Å². The molecule has 0 saturated carbocycles. The van der Waals surface area contributed by atoms with Crippen LogP contribution in [0.2, 0.25) is 5.02 Å². The summed E-state index contributed by atoms with van der Waals surface area (Å²) in [6.45, 7) is 0.110.